The Hall–Kier alpha value is 0.309. The summed E-state index contributed by atoms with van der Waals surface area (Å²) in [4.78, 5) is 0. The van der Waals surface area contributed by atoms with Crippen LogP contribution in [0.1, 0.15) is 0 Å². The molecule has 0 spiro atoms. The molecule has 0 fully saturated rings. The zero-order valence-electron chi connectivity index (χ0n) is 3.24. The van der Waals surface area contributed by atoms with Crippen LogP contribution in [0.25, 0.3) is 0 Å². The van der Waals surface area contributed by atoms with Gasteiger partial charge in [-0.05, 0) is 0 Å². The fourth-order valence-electron chi connectivity index (χ4n) is 0. The van der Waals surface area contributed by atoms with Crippen molar-refractivity contribution in [3.8, 4) is 0 Å². The van der Waals surface area contributed by atoms with Crippen LogP contribution in [0.4, 0.5) is 0 Å². The standard InChI is InChI=1S/Mn.H2O4S.2O/c;1-5(2,3)4;;/h;(H2,1,2,3,4);;/q;;2*-2/p-2. The fourth-order valence-corrected chi connectivity index (χ4v) is 0. The third-order valence-corrected chi connectivity index (χ3v) is 0. The van der Waals surface area contributed by atoms with Gasteiger partial charge in [0.05, 0.1) is 0 Å². The Bertz CT molecular complexity index is 91.7. The average molecular weight is 183 g/mol. The monoisotopic (exact) mass is 183 g/mol. The van der Waals surface area contributed by atoms with Gasteiger partial charge in [0.15, 0.2) is 0 Å². The van der Waals surface area contributed by atoms with E-state index in [1.807, 2.05) is 0 Å². The van der Waals surface area contributed by atoms with Crippen molar-refractivity contribution in [2.75, 3.05) is 0 Å². The maximum Gasteiger partial charge on any atom is 0.0311 e. The minimum atomic E-state index is -5.17. The van der Waals surface area contributed by atoms with Crippen LogP contribution >= 0.6 is 0 Å². The molecule has 0 aromatic rings. The van der Waals surface area contributed by atoms with E-state index in [9.17, 15) is 0 Å². The average Bonchev–Trinajstić information content (AvgIpc) is 0.722. The quantitative estimate of drug-likeness (QED) is 0.254. The van der Waals surface area contributed by atoms with E-state index in [1.165, 1.54) is 0 Å². The molecule has 0 aliphatic rings. The van der Waals surface area contributed by atoms with Crippen LogP contribution < -0.4 is 0 Å². The molecule has 0 heterocycles. The van der Waals surface area contributed by atoms with Gasteiger partial charge < -0.3 is 20.1 Å². The molecule has 0 saturated heterocycles. The summed E-state index contributed by atoms with van der Waals surface area (Å²) in [6, 6.07) is 0. The van der Waals surface area contributed by atoms with Gasteiger partial charge in [0.25, 0.3) is 0 Å². The molecule has 0 bridgehead atoms. The van der Waals surface area contributed by atoms with Gasteiger partial charge in [-0.1, -0.05) is 0 Å². The van der Waals surface area contributed by atoms with Crippen molar-refractivity contribution in [2.24, 2.45) is 0 Å². The topological polar surface area (TPSA) is 137 Å². The number of rotatable bonds is 0. The summed E-state index contributed by atoms with van der Waals surface area (Å²) in [5.74, 6) is 0. The van der Waals surface area contributed by atoms with Crippen LogP contribution in [0.3, 0.4) is 0 Å². The van der Waals surface area contributed by atoms with Crippen LogP contribution in [0.15, 0.2) is 0 Å². The molecule has 0 amide bonds. The molecule has 0 aromatic heterocycles. The maximum absolute atomic E-state index is 8.52. The SMILES string of the molecule is O=S(=O)([O-])[O-].[Mn].[O-2].[O-2]. The minimum Gasteiger partial charge on any atom is -2.00 e. The molecule has 55 valence electrons. The first-order chi connectivity index (χ1) is 2.00. The Morgan fingerprint density at radius 2 is 1.00 bits per heavy atom. The molecule has 0 N–H and O–H groups in total. The predicted molar refractivity (Wildman–Crippen MR) is 11.8 cm³/mol. The molecular formula is MnO6S-6. The molecule has 0 atom stereocenters. The van der Waals surface area contributed by atoms with Crippen molar-refractivity contribution in [1.29, 1.82) is 0 Å². The smallest absolute Gasteiger partial charge is 0.0311 e. The Morgan fingerprint density at radius 1 is 1.00 bits per heavy atom. The van der Waals surface area contributed by atoms with Gasteiger partial charge in [0.1, 0.15) is 0 Å². The van der Waals surface area contributed by atoms with E-state index < -0.39 is 10.4 Å². The molecule has 1 radical (unpaired) electrons. The Balaban J connectivity index is -0.0000000267. The van der Waals surface area contributed by atoms with Crippen molar-refractivity contribution in [1.82, 2.24) is 0 Å². The summed E-state index contributed by atoms with van der Waals surface area (Å²) in [6.07, 6.45) is 0. The van der Waals surface area contributed by atoms with Crippen molar-refractivity contribution < 1.29 is 45.5 Å². The van der Waals surface area contributed by atoms with E-state index in [2.05, 4.69) is 0 Å². The minimum absolute atomic E-state index is 0. The molecule has 8 heavy (non-hydrogen) atoms. The van der Waals surface area contributed by atoms with Crippen LogP contribution in [0.2, 0.25) is 0 Å². The third-order valence-electron chi connectivity index (χ3n) is 0. The fraction of sp³-hybridized carbons (Fsp3) is 0. The van der Waals surface area contributed by atoms with E-state index in [-0.39, 0.29) is 28.0 Å². The second kappa shape index (κ2) is 7.31. The van der Waals surface area contributed by atoms with E-state index in [4.69, 9.17) is 17.5 Å². The first kappa shape index (κ1) is 23.9. The van der Waals surface area contributed by atoms with Gasteiger partial charge in [0.2, 0.25) is 0 Å². The molecule has 8 heteroatoms. The van der Waals surface area contributed by atoms with Gasteiger partial charge in [-0.15, -0.1) is 0 Å². The van der Waals surface area contributed by atoms with Crippen LogP contribution in [0, 0.1) is 0 Å². The third kappa shape index (κ3) is 1860. The van der Waals surface area contributed by atoms with Gasteiger partial charge in [0, 0.05) is 27.5 Å². The summed E-state index contributed by atoms with van der Waals surface area (Å²) >= 11 is 0. The summed E-state index contributed by atoms with van der Waals surface area (Å²) in [6.45, 7) is 0. The molecule has 0 aliphatic carbocycles. The maximum atomic E-state index is 8.52. The van der Waals surface area contributed by atoms with Crippen molar-refractivity contribution in [2.45, 2.75) is 0 Å². The van der Waals surface area contributed by atoms with Crippen LogP contribution in [-0.4, -0.2) is 17.5 Å². The van der Waals surface area contributed by atoms with Crippen LogP contribution in [0.5, 0.6) is 0 Å². The second-order valence-corrected chi connectivity index (χ2v) is 1.22. The Kier molecular flexibility index (Phi) is 21.8. The first-order valence-corrected chi connectivity index (χ1v) is 2.00. The molecule has 0 saturated carbocycles. The predicted octanol–water partition coefficient (Wildman–Crippen LogP) is -1.58. The van der Waals surface area contributed by atoms with Gasteiger partial charge in [-0.3, -0.25) is 8.42 Å². The molecule has 0 unspecified atom stereocenters. The molecule has 0 aromatic carbocycles. The number of hydrogen-bond donors (Lipinski definition) is 0. The van der Waals surface area contributed by atoms with E-state index in [1.54, 1.807) is 0 Å². The summed E-state index contributed by atoms with van der Waals surface area (Å²) in [7, 11) is -5.17. The Morgan fingerprint density at radius 3 is 1.00 bits per heavy atom. The van der Waals surface area contributed by atoms with Gasteiger partial charge >= 0.3 is 0 Å². The molecule has 0 aliphatic heterocycles. The summed E-state index contributed by atoms with van der Waals surface area (Å²) in [5.41, 5.74) is 0. The van der Waals surface area contributed by atoms with E-state index in [0.717, 1.165) is 0 Å². The molecule has 0 rings (SSSR count). The van der Waals surface area contributed by atoms with Crippen molar-refractivity contribution in [3.63, 3.8) is 0 Å². The van der Waals surface area contributed by atoms with Gasteiger partial charge in [-0.2, -0.15) is 0 Å². The van der Waals surface area contributed by atoms with E-state index in [0.29, 0.717) is 0 Å². The first-order valence-electron chi connectivity index (χ1n) is 0.667. The summed E-state index contributed by atoms with van der Waals surface area (Å²) in [5, 5.41) is 0. The van der Waals surface area contributed by atoms with Crippen LogP contribution in [-0.2, 0) is 38.4 Å². The van der Waals surface area contributed by atoms with Crippen molar-refractivity contribution >= 4 is 10.4 Å². The molecule has 6 nitrogen and oxygen atoms in total. The van der Waals surface area contributed by atoms with Gasteiger partial charge in [-0.25, -0.2) is 0 Å². The zero-order chi connectivity index (χ0) is 4.50. The van der Waals surface area contributed by atoms with E-state index >= 15 is 0 Å². The molecular weight excluding hydrogens is 183 g/mol. The zero-order valence-corrected chi connectivity index (χ0v) is 5.23. The van der Waals surface area contributed by atoms with Crippen molar-refractivity contribution in [3.05, 3.63) is 0 Å². The largest absolute Gasteiger partial charge is 2.00 e. The second-order valence-electron chi connectivity index (χ2n) is 0.408. The Labute approximate surface area is 56.6 Å². The number of hydrogen-bond acceptors (Lipinski definition) is 4. The normalized spacial score (nSPS) is 7.25. The summed E-state index contributed by atoms with van der Waals surface area (Å²) < 4.78 is 34.1.